The van der Waals surface area contributed by atoms with Crippen molar-refractivity contribution in [2.24, 2.45) is 5.92 Å². The number of alkyl halides is 1. The van der Waals surface area contributed by atoms with Gasteiger partial charge < -0.3 is 14.4 Å². The molecule has 2 aliphatic heterocycles. The molecule has 2 unspecified atom stereocenters. The van der Waals surface area contributed by atoms with Crippen LogP contribution in [0.5, 0.6) is 5.75 Å². The van der Waals surface area contributed by atoms with E-state index in [2.05, 4.69) is 22.6 Å². The van der Waals surface area contributed by atoms with Gasteiger partial charge in [0.25, 0.3) is 0 Å². The van der Waals surface area contributed by atoms with E-state index in [0.29, 0.717) is 37.2 Å². The van der Waals surface area contributed by atoms with E-state index in [0.717, 1.165) is 0 Å². The van der Waals surface area contributed by atoms with Gasteiger partial charge in [0.1, 0.15) is 11.4 Å². The first kappa shape index (κ1) is 17.5. The van der Waals surface area contributed by atoms with E-state index in [1.807, 2.05) is 45.0 Å². The lowest BCUT2D eigenvalue weighted by atomic mass is 9.76. The number of nitrogens with zero attached hydrogens (tertiary/aromatic N) is 1. The van der Waals surface area contributed by atoms with Crippen LogP contribution in [0.3, 0.4) is 0 Å². The fourth-order valence-corrected chi connectivity index (χ4v) is 3.61. The van der Waals surface area contributed by atoms with Gasteiger partial charge in [-0.3, -0.25) is 4.79 Å². The highest BCUT2D eigenvalue weighted by Gasteiger charge is 2.48. The number of para-hydroxylation sites is 1. The Kier molecular flexibility index (Phi) is 4.53. The molecular weight excluding hydrogens is 421 g/mol. The monoisotopic (exact) mass is 443 g/mol. The van der Waals surface area contributed by atoms with Gasteiger partial charge >= 0.3 is 6.09 Å². The number of piperidine rings is 1. The third-order valence-corrected chi connectivity index (χ3v) is 4.97. The summed E-state index contributed by atoms with van der Waals surface area (Å²) in [7, 11) is 0. The van der Waals surface area contributed by atoms with E-state index in [1.165, 1.54) is 0 Å². The standard InChI is InChI=1S/C18H22INO4/c1-12-11-20(16(22)24-17(2,3)19)9-8-18(12)10-14(21)13-6-4-5-7-15(13)23-18/h4-7,12H,8-11H2,1-3H3. The predicted molar refractivity (Wildman–Crippen MR) is 98.7 cm³/mol. The Labute approximate surface area is 155 Å². The van der Waals surface area contributed by atoms with Crippen LogP contribution in [0.25, 0.3) is 0 Å². The lowest BCUT2D eigenvalue weighted by molar-refractivity contribution is -0.0500. The van der Waals surface area contributed by atoms with E-state index in [1.54, 1.807) is 4.90 Å². The highest BCUT2D eigenvalue weighted by Crippen LogP contribution is 2.42. The van der Waals surface area contributed by atoms with Crippen molar-refractivity contribution in [2.45, 2.75) is 42.8 Å². The lowest BCUT2D eigenvalue weighted by Crippen LogP contribution is -2.58. The molecule has 0 aromatic heterocycles. The summed E-state index contributed by atoms with van der Waals surface area (Å²) in [5.41, 5.74) is 0.131. The summed E-state index contributed by atoms with van der Waals surface area (Å²) in [4.78, 5) is 26.5. The summed E-state index contributed by atoms with van der Waals surface area (Å²) >= 11 is 2.09. The van der Waals surface area contributed by atoms with Gasteiger partial charge in [0.15, 0.2) is 9.39 Å². The molecule has 1 fully saturated rings. The number of rotatable bonds is 1. The second-order valence-corrected chi connectivity index (χ2v) is 9.69. The molecule has 1 amide bonds. The van der Waals surface area contributed by atoms with Crippen LogP contribution < -0.4 is 4.74 Å². The Morgan fingerprint density at radius 2 is 2.12 bits per heavy atom. The molecule has 6 heteroatoms. The van der Waals surface area contributed by atoms with E-state index in [4.69, 9.17) is 9.47 Å². The average Bonchev–Trinajstić information content (AvgIpc) is 2.48. The number of hydrogen-bond donors (Lipinski definition) is 0. The SMILES string of the molecule is CC1CN(C(=O)OC(C)(C)I)CCC12CC(=O)c1ccccc1O2. The zero-order chi connectivity index (χ0) is 17.5. The molecule has 2 aliphatic rings. The third kappa shape index (κ3) is 3.38. The fraction of sp³-hybridized carbons (Fsp3) is 0.556. The van der Waals surface area contributed by atoms with E-state index in [-0.39, 0.29) is 17.8 Å². The molecule has 3 rings (SSSR count). The Bertz CT molecular complexity index is 669. The fourth-order valence-electron chi connectivity index (χ4n) is 3.42. The van der Waals surface area contributed by atoms with Crippen molar-refractivity contribution >= 4 is 34.5 Å². The van der Waals surface area contributed by atoms with Gasteiger partial charge in [0.2, 0.25) is 0 Å². The number of amides is 1. The molecule has 5 nitrogen and oxygen atoms in total. The topological polar surface area (TPSA) is 55.8 Å². The summed E-state index contributed by atoms with van der Waals surface area (Å²) in [6.07, 6.45) is 0.690. The summed E-state index contributed by atoms with van der Waals surface area (Å²) < 4.78 is 11.2. The van der Waals surface area contributed by atoms with Gasteiger partial charge in [-0.1, -0.05) is 19.1 Å². The van der Waals surface area contributed by atoms with Gasteiger partial charge in [-0.25, -0.2) is 4.79 Å². The maximum absolute atomic E-state index is 12.5. The zero-order valence-electron chi connectivity index (χ0n) is 14.2. The van der Waals surface area contributed by atoms with Crippen LogP contribution in [0.15, 0.2) is 24.3 Å². The van der Waals surface area contributed by atoms with Crippen LogP contribution in [-0.4, -0.2) is 39.1 Å². The van der Waals surface area contributed by atoms with E-state index in [9.17, 15) is 9.59 Å². The largest absolute Gasteiger partial charge is 0.486 e. The van der Waals surface area contributed by atoms with Crippen LogP contribution in [0, 0.1) is 5.92 Å². The molecule has 0 bridgehead atoms. The molecule has 130 valence electrons. The minimum Gasteiger partial charge on any atom is -0.486 e. The number of carbonyl (C=O) groups is 2. The van der Waals surface area contributed by atoms with Crippen molar-refractivity contribution in [1.82, 2.24) is 4.90 Å². The highest BCUT2D eigenvalue weighted by molar-refractivity contribution is 14.1. The Hall–Kier alpha value is -1.31. The molecule has 0 saturated carbocycles. The van der Waals surface area contributed by atoms with E-state index < -0.39 is 9.21 Å². The third-order valence-electron chi connectivity index (χ3n) is 4.75. The Morgan fingerprint density at radius 3 is 2.79 bits per heavy atom. The number of fused-ring (bicyclic) bond motifs is 1. The molecule has 2 atom stereocenters. The van der Waals surface area contributed by atoms with Crippen molar-refractivity contribution in [3.63, 3.8) is 0 Å². The van der Waals surface area contributed by atoms with Crippen molar-refractivity contribution in [2.75, 3.05) is 13.1 Å². The number of ketones is 1. The smallest absolute Gasteiger partial charge is 0.411 e. The van der Waals surface area contributed by atoms with Crippen LogP contribution in [0.1, 0.15) is 44.0 Å². The maximum atomic E-state index is 12.5. The molecule has 1 aromatic rings. The van der Waals surface area contributed by atoms with Crippen molar-refractivity contribution in [3.05, 3.63) is 29.8 Å². The van der Waals surface area contributed by atoms with Crippen molar-refractivity contribution in [3.8, 4) is 5.75 Å². The first-order chi connectivity index (χ1) is 11.2. The first-order valence-corrected chi connectivity index (χ1v) is 9.26. The minimum absolute atomic E-state index is 0.0495. The van der Waals surface area contributed by atoms with Crippen molar-refractivity contribution < 1.29 is 19.1 Å². The molecule has 1 saturated heterocycles. The Morgan fingerprint density at radius 1 is 1.42 bits per heavy atom. The summed E-state index contributed by atoms with van der Waals surface area (Å²) in [6, 6.07) is 7.39. The molecular formula is C18H22INO4. The number of halogens is 1. The number of hydrogen-bond acceptors (Lipinski definition) is 4. The second kappa shape index (κ2) is 6.20. The van der Waals surface area contributed by atoms with Crippen LogP contribution in [0.2, 0.25) is 0 Å². The van der Waals surface area contributed by atoms with Crippen LogP contribution in [-0.2, 0) is 4.74 Å². The van der Waals surface area contributed by atoms with Crippen LogP contribution in [0.4, 0.5) is 4.79 Å². The minimum atomic E-state index is -0.538. The number of Topliss-reactive ketones (excluding diaryl/α,β-unsaturated/α-hetero) is 1. The average molecular weight is 443 g/mol. The van der Waals surface area contributed by atoms with Gasteiger partial charge in [-0.15, -0.1) is 0 Å². The summed E-state index contributed by atoms with van der Waals surface area (Å²) in [5.74, 6) is 0.826. The number of carbonyl (C=O) groups excluding carboxylic acids is 2. The van der Waals surface area contributed by atoms with Crippen molar-refractivity contribution in [1.29, 1.82) is 0 Å². The number of ether oxygens (including phenoxy) is 2. The van der Waals surface area contributed by atoms with Gasteiger partial charge in [0.05, 0.1) is 12.0 Å². The molecule has 24 heavy (non-hydrogen) atoms. The second-order valence-electron chi connectivity index (χ2n) is 7.09. The number of benzene rings is 1. The predicted octanol–water partition coefficient (Wildman–Crippen LogP) is 4.04. The molecule has 0 aliphatic carbocycles. The Balaban J connectivity index is 1.75. The molecule has 1 spiro atoms. The normalized spacial score (nSPS) is 26.8. The quantitative estimate of drug-likeness (QED) is 0.486. The maximum Gasteiger partial charge on any atom is 0.411 e. The molecule has 1 aromatic carbocycles. The van der Waals surface area contributed by atoms with Gasteiger partial charge in [-0.2, -0.15) is 0 Å². The van der Waals surface area contributed by atoms with E-state index >= 15 is 0 Å². The lowest BCUT2D eigenvalue weighted by Gasteiger charge is -2.48. The molecule has 0 radical (unpaired) electrons. The first-order valence-electron chi connectivity index (χ1n) is 8.18. The molecule has 2 heterocycles. The van der Waals surface area contributed by atoms with Gasteiger partial charge in [0, 0.05) is 25.4 Å². The number of likely N-dealkylation sites (tertiary alicyclic amines) is 1. The highest BCUT2D eigenvalue weighted by atomic mass is 127. The summed E-state index contributed by atoms with van der Waals surface area (Å²) in [6.45, 7) is 6.79. The van der Waals surface area contributed by atoms with Gasteiger partial charge in [-0.05, 0) is 48.6 Å². The summed E-state index contributed by atoms with van der Waals surface area (Å²) in [5, 5.41) is 0. The zero-order valence-corrected chi connectivity index (χ0v) is 16.3. The van der Waals surface area contributed by atoms with Crippen LogP contribution >= 0.6 is 22.6 Å². The molecule has 0 N–H and O–H groups in total.